The van der Waals surface area contributed by atoms with Crippen molar-refractivity contribution in [3.63, 3.8) is 0 Å². The van der Waals surface area contributed by atoms with Crippen molar-refractivity contribution in [1.82, 2.24) is 9.55 Å². The van der Waals surface area contributed by atoms with E-state index in [2.05, 4.69) is 140 Å². The number of rotatable bonds is 7. The maximum absolute atomic E-state index is 9.09. The summed E-state index contributed by atoms with van der Waals surface area (Å²) in [6.07, 6.45) is 5.31. The second-order valence-electron chi connectivity index (χ2n) is 18.4. The number of pyridine rings is 1. The van der Waals surface area contributed by atoms with Gasteiger partial charge >= 0.3 is 6.98 Å². The number of benzene rings is 9. The van der Waals surface area contributed by atoms with Crippen LogP contribution in [-0.4, -0.2) is 16.5 Å². The summed E-state index contributed by atoms with van der Waals surface area (Å²) in [6, 6.07) is 53.2. The van der Waals surface area contributed by atoms with Gasteiger partial charge in [-0.1, -0.05) is 202 Å². The van der Waals surface area contributed by atoms with E-state index in [1.807, 2.05) is 48.7 Å². The van der Waals surface area contributed by atoms with Crippen LogP contribution in [0, 0.1) is 18.5 Å². The van der Waals surface area contributed by atoms with Gasteiger partial charge in [0.1, 0.15) is 5.82 Å². The van der Waals surface area contributed by atoms with Gasteiger partial charge < -0.3 is 18.9 Å². The van der Waals surface area contributed by atoms with Crippen LogP contribution in [0.15, 0.2) is 224 Å². The van der Waals surface area contributed by atoms with Crippen molar-refractivity contribution in [2.24, 2.45) is 0 Å². The quantitative estimate of drug-likeness (QED) is 0.0905. The van der Waals surface area contributed by atoms with Gasteiger partial charge in [0.25, 0.3) is 6.33 Å². The average Bonchev–Trinajstić information content (AvgIpc) is 2.54. The normalized spacial score (nSPS) is 14.4. The molecule has 0 spiro atoms. The van der Waals surface area contributed by atoms with Crippen LogP contribution in [0.4, 0.5) is 22.9 Å². The molecule has 0 aliphatic carbocycles. The number of ether oxygens (including phenoxy) is 1. The van der Waals surface area contributed by atoms with E-state index in [0.717, 1.165) is 56.2 Å². The molecule has 0 saturated carbocycles. The number of aromatic nitrogens is 3. The molecule has 11 aromatic rings. The molecule has 4 heterocycles. The first-order chi connectivity index (χ1) is 39.0. The van der Waals surface area contributed by atoms with E-state index in [4.69, 9.17) is 23.4 Å². The van der Waals surface area contributed by atoms with Crippen LogP contribution in [-0.2, 0) is 26.5 Å². The van der Waals surface area contributed by atoms with E-state index < -0.39 is 67.4 Å². The predicted octanol–water partition coefficient (Wildman–Crippen LogP) is 14.5. The summed E-state index contributed by atoms with van der Waals surface area (Å²) in [5.41, 5.74) is 10.9. The van der Waals surface area contributed by atoms with E-state index in [-0.39, 0.29) is 54.4 Å². The molecule has 8 heteroatoms. The molecule has 2 aliphatic heterocycles. The molecule has 0 amide bonds. The van der Waals surface area contributed by atoms with Gasteiger partial charge in [-0.05, 0) is 79.3 Å². The molecule has 348 valence electrons. The van der Waals surface area contributed by atoms with Gasteiger partial charge in [-0.15, -0.1) is 30.3 Å². The number of para-hydroxylation sites is 4. The van der Waals surface area contributed by atoms with Gasteiger partial charge in [0.2, 0.25) is 0 Å². The molecule has 13 rings (SSSR count). The fourth-order valence-corrected chi connectivity index (χ4v) is 10.00. The molecule has 0 fully saturated rings. The van der Waals surface area contributed by atoms with Crippen LogP contribution in [0.2, 0.25) is 0 Å². The first kappa shape index (κ1) is 35.0. The number of hydrogen-bond acceptors (Lipinski definition) is 4. The standard InChI is InChI=1S/C64H46BN5O.Pt/c1-64(2,3)46-38-39-66-62(40-46)70-61-42-49(36-37-60(61)69-57-33-15-13-29-55(57)53-27-11-10-26-52(53)54-28-12-14-32-56(54)65(69)70)71-48-25-18-24-47(41-48)67-43-68(59-35-17-16-34-58(59)67)63-50(44-20-6-4-7-21-44)30-19-31-51(63)45-22-8-5-9-23-45;/h4-40H,1-3H3;/q-2;/i4D,5D,6D,7D,8D,9D,20D,21D,22D,23D;. The van der Waals surface area contributed by atoms with Crippen molar-refractivity contribution in [3.8, 4) is 67.4 Å². The molecule has 0 bridgehead atoms. The molecule has 0 N–H and O–H groups in total. The van der Waals surface area contributed by atoms with Gasteiger partial charge in [-0.2, -0.15) is 12.1 Å². The molecule has 0 unspecified atom stereocenters. The summed E-state index contributed by atoms with van der Waals surface area (Å²) >= 11 is 0. The third-order valence-electron chi connectivity index (χ3n) is 13.2. The van der Waals surface area contributed by atoms with Crippen LogP contribution in [0.3, 0.4) is 0 Å². The fraction of sp³-hybridized carbons (Fsp3) is 0.0625. The zero-order valence-electron chi connectivity index (χ0n) is 49.1. The summed E-state index contributed by atoms with van der Waals surface area (Å²) in [7, 11) is 0. The largest absolute Gasteiger partial charge is 0.510 e. The molecule has 0 radical (unpaired) electrons. The molecule has 9 aromatic carbocycles. The number of anilines is 4. The Hall–Kier alpha value is -8.25. The molecule has 72 heavy (non-hydrogen) atoms. The maximum Gasteiger partial charge on any atom is 0.409 e. The summed E-state index contributed by atoms with van der Waals surface area (Å²) in [5.74, 6) is 1.49. The summed E-state index contributed by atoms with van der Waals surface area (Å²) < 4.78 is 97.8. The van der Waals surface area contributed by atoms with Crippen molar-refractivity contribution >= 4 is 46.4 Å². The van der Waals surface area contributed by atoms with Crippen LogP contribution in [0.25, 0.3) is 66.9 Å². The number of nitrogens with zero attached hydrogens (tertiary/aromatic N) is 5. The second-order valence-corrected chi connectivity index (χ2v) is 18.4. The molecule has 2 aliphatic rings. The van der Waals surface area contributed by atoms with Gasteiger partial charge in [-0.25, -0.2) is 4.98 Å². The van der Waals surface area contributed by atoms with Crippen molar-refractivity contribution in [3.05, 3.63) is 248 Å². The molecule has 0 atom stereocenters. The molecular formula is C64H46BN5OPt-2. The summed E-state index contributed by atoms with van der Waals surface area (Å²) in [6.45, 7) is 6.18. The Morgan fingerprint density at radius 2 is 1.18 bits per heavy atom. The predicted molar refractivity (Wildman–Crippen MR) is 289 cm³/mol. The average molecular weight is 1120 g/mol. The molecule has 2 aromatic heterocycles. The third-order valence-corrected chi connectivity index (χ3v) is 13.2. The van der Waals surface area contributed by atoms with E-state index >= 15 is 0 Å². The molecular weight excluding hydrogens is 1060 g/mol. The van der Waals surface area contributed by atoms with E-state index in [0.29, 0.717) is 28.2 Å². The first-order valence-corrected chi connectivity index (χ1v) is 23.3. The van der Waals surface area contributed by atoms with E-state index in [1.165, 1.54) is 0 Å². The maximum atomic E-state index is 9.09. The topological polar surface area (TPSA) is 37.4 Å². The molecule has 6 nitrogen and oxygen atoms in total. The number of fused-ring (bicyclic) bond motifs is 11. The minimum Gasteiger partial charge on any atom is -0.510 e. The Morgan fingerprint density at radius 1 is 0.569 bits per heavy atom. The Labute approximate surface area is 449 Å². The third kappa shape index (κ3) is 7.64. The number of hydrogen-bond donors (Lipinski definition) is 0. The zero-order chi connectivity index (χ0) is 56.3. The van der Waals surface area contributed by atoms with E-state index in [1.54, 1.807) is 33.4 Å². The van der Waals surface area contributed by atoms with Gasteiger partial charge in [-0.3, -0.25) is 4.57 Å². The van der Waals surface area contributed by atoms with Crippen molar-refractivity contribution < 1.29 is 44.1 Å². The minimum atomic E-state index is -0.576. The Balaban J connectivity index is 0.00000665. The van der Waals surface area contributed by atoms with Crippen LogP contribution in [0.1, 0.15) is 40.0 Å². The Bertz CT molecular complexity index is 4310. The monoisotopic (exact) mass is 1120 g/mol. The van der Waals surface area contributed by atoms with Crippen molar-refractivity contribution in [2.45, 2.75) is 26.2 Å². The summed E-state index contributed by atoms with van der Waals surface area (Å²) in [4.78, 5) is 9.71. The minimum absolute atomic E-state index is 0. The van der Waals surface area contributed by atoms with Gasteiger partial charge in [0.15, 0.2) is 0 Å². The van der Waals surface area contributed by atoms with Gasteiger partial charge in [0, 0.05) is 50.0 Å². The molecule has 0 saturated heterocycles. The van der Waals surface area contributed by atoms with Crippen molar-refractivity contribution in [2.75, 3.05) is 9.62 Å². The Kier molecular flexibility index (Phi) is 8.82. The Morgan fingerprint density at radius 3 is 1.92 bits per heavy atom. The first-order valence-electron chi connectivity index (χ1n) is 28.3. The second kappa shape index (κ2) is 18.2. The number of imidazole rings is 1. The van der Waals surface area contributed by atoms with Crippen molar-refractivity contribution in [1.29, 1.82) is 0 Å². The van der Waals surface area contributed by atoms with E-state index in [9.17, 15) is 0 Å². The zero-order valence-corrected chi connectivity index (χ0v) is 41.4. The van der Waals surface area contributed by atoms with Crippen LogP contribution in [0.5, 0.6) is 11.5 Å². The van der Waals surface area contributed by atoms with Gasteiger partial charge in [0.05, 0.1) is 30.4 Å². The van der Waals surface area contributed by atoms with Crippen LogP contribution < -0.4 is 24.4 Å². The van der Waals surface area contributed by atoms with Crippen LogP contribution >= 0.6 is 0 Å². The summed E-state index contributed by atoms with van der Waals surface area (Å²) in [5, 5.41) is 0. The fourth-order valence-electron chi connectivity index (χ4n) is 10.00. The SMILES string of the molecule is [2H]c1c([2H])c([2H])c(-c2cccc(-c3c([2H])c([2H])c([2H])c([2H])c3[2H])c2-[n+]2[c-]n(-c3[c-]c(Oc4[c-]c5c(cc4)N4B(c6ccccc6-c6ccccc6-c6ccccc64)N5c4cc(C(C)(C)C)ccn4)ccc3)c3ccccc32)c([2H])c1[2H].[Pt]. The smallest absolute Gasteiger partial charge is 0.409 e.